The molecular formula is C15H24N6O2. The normalized spacial score (nSPS) is 24.4. The fourth-order valence-corrected chi connectivity index (χ4v) is 3.19. The van der Waals surface area contributed by atoms with Gasteiger partial charge in [-0.15, -0.1) is 0 Å². The molecule has 3 N–H and O–H groups in total. The average Bonchev–Trinajstić information content (AvgIpc) is 3.09. The van der Waals surface area contributed by atoms with Crippen molar-refractivity contribution in [2.24, 2.45) is 5.92 Å². The summed E-state index contributed by atoms with van der Waals surface area (Å²) in [4.78, 5) is 15.2. The summed E-state index contributed by atoms with van der Waals surface area (Å²) >= 11 is 0. The maximum Gasteiger partial charge on any atom is 0.224 e. The van der Waals surface area contributed by atoms with Crippen LogP contribution in [-0.4, -0.2) is 50.9 Å². The Morgan fingerprint density at radius 3 is 2.91 bits per heavy atom. The van der Waals surface area contributed by atoms with Gasteiger partial charge in [0.15, 0.2) is 17.0 Å². The van der Waals surface area contributed by atoms with Crippen molar-refractivity contribution < 1.29 is 9.84 Å². The molecule has 1 aliphatic rings. The molecule has 3 heterocycles. The number of nitrogen functional groups attached to an aromatic ring is 1. The molecular weight excluding hydrogens is 296 g/mol. The van der Waals surface area contributed by atoms with E-state index in [0.717, 1.165) is 30.7 Å². The fourth-order valence-electron chi connectivity index (χ4n) is 3.19. The smallest absolute Gasteiger partial charge is 0.224 e. The maximum atomic E-state index is 9.33. The standard InChI is InChI=1S/C15H24N6O2/c1-4-5-20(3)12-11-13(19-15(16)18-12)21(8-17-11)14-9(2)6-10(7-22)23-14/h8-10,14,22H,4-7H2,1-3H3,(H2,16,18,19). The maximum absolute atomic E-state index is 9.33. The Hall–Kier alpha value is -1.93. The zero-order chi connectivity index (χ0) is 16.6. The monoisotopic (exact) mass is 320 g/mol. The molecule has 1 saturated heterocycles. The molecule has 3 rings (SSSR count). The van der Waals surface area contributed by atoms with Crippen LogP contribution in [0.15, 0.2) is 6.33 Å². The first-order chi connectivity index (χ1) is 11.0. The molecule has 8 heteroatoms. The predicted octanol–water partition coefficient (Wildman–Crippen LogP) is 1.17. The number of ether oxygens (including phenoxy) is 1. The molecule has 0 spiro atoms. The van der Waals surface area contributed by atoms with Crippen LogP contribution in [0.25, 0.3) is 11.2 Å². The highest BCUT2D eigenvalue weighted by Gasteiger charge is 2.34. The number of aliphatic hydroxyl groups is 1. The molecule has 1 fully saturated rings. The lowest BCUT2D eigenvalue weighted by molar-refractivity contribution is -0.0294. The Labute approximate surface area is 135 Å². The number of fused-ring (bicyclic) bond motifs is 1. The van der Waals surface area contributed by atoms with Crippen LogP contribution in [0.3, 0.4) is 0 Å². The Morgan fingerprint density at radius 2 is 2.26 bits per heavy atom. The molecule has 2 aromatic heterocycles. The zero-order valence-corrected chi connectivity index (χ0v) is 13.8. The summed E-state index contributed by atoms with van der Waals surface area (Å²) < 4.78 is 7.82. The van der Waals surface area contributed by atoms with Gasteiger partial charge in [0.25, 0.3) is 0 Å². The minimum Gasteiger partial charge on any atom is -0.394 e. The molecule has 0 amide bonds. The zero-order valence-electron chi connectivity index (χ0n) is 13.8. The quantitative estimate of drug-likeness (QED) is 0.852. The lowest BCUT2D eigenvalue weighted by Gasteiger charge is -2.19. The molecule has 0 aromatic carbocycles. The summed E-state index contributed by atoms with van der Waals surface area (Å²) in [5.74, 6) is 1.22. The molecule has 0 bridgehead atoms. The van der Waals surface area contributed by atoms with Crippen LogP contribution in [0.4, 0.5) is 11.8 Å². The van der Waals surface area contributed by atoms with E-state index >= 15 is 0 Å². The van der Waals surface area contributed by atoms with Crippen molar-refractivity contribution in [2.75, 3.05) is 30.8 Å². The fraction of sp³-hybridized carbons (Fsp3) is 0.667. The van der Waals surface area contributed by atoms with Crippen molar-refractivity contribution in [3.8, 4) is 0 Å². The lowest BCUT2D eigenvalue weighted by atomic mass is 10.1. The Morgan fingerprint density at radius 1 is 1.48 bits per heavy atom. The van der Waals surface area contributed by atoms with Gasteiger partial charge in [0.1, 0.15) is 6.23 Å². The summed E-state index contributed by atoms with van der Waals surface area (Å²) in [5, 5.41) is 9.33. The number of imidazole rings is 1. The number of hydrogen-bond acceptors (Lipinski definition) is 7. The second-order valence-electron chi connectivity index (χ2n) is 6.20. The van der Waals surface area contributed by atoms with E-state index in [0.29, 0.717) is 5.65 Å². The van der Waals surface area contributed by atoms with E-state index < -0.39 is 0 Å². The van der Waals surface area contributed by atoms with E-state index in [1.54, 1.807) is 6.33 Å². The number of hydrogen-bond donors (Lipinski definition) is 2. The SMILES string of the molecule is CCCN(C)c1nc(N)nc2c1ncn2C1OC(CO)CC1C. The first-order valence-electron chi connectivity index (χ1n) is 8.02. The van der Waals surface area contributed by atoms with E-state index in [4.69, 9.17) is 10.5 Å². The van der Waals surface area contributed by atoms with Gasteiger partial charge in [-0.3, -0.25) is 4.57 Å². The molecule has 0 aliphatic carbocycles. The van der Waals surface area contributed by atoms with Crippen molar-refractivity contribution in [1.82, 2.24) is 19.5 Å². The van der Waals surface area contributed by atoms with Crippen LogP contribution in [0.1, 0.15) is 32.9 Å². The Balaban J connectivity index is 2.04. The molecule has 3 unspecified atom stereocenters. The second-order valence-corrected chi connectivity index (χ2v) is 6.20. The Bertz CT molecular complexity index is 688. The summed E-state index contributed by atoms with van der Waals surface area (Å²) in [7, 11) is 1.97. The third-order valence-corrected chi connectivity index (χ3v) is 4.27. The molecule has 126 valence electrons. The first kappa shape index (κ1) is 15.9. The lowest BCUT2D eigenvalue weighted by Crippen LogP contribution is -2.21. The average molecular weight is 320 g/mol. The van der Waals surface area contributed by atoms with Crippen molar-refractivity contribution in [3.05, 3.63) is 6.33 Å². The van der Waals surface area contributed by atoms with Gasteiger partial charge in [-0.25, -0.2) is 4.98 Å². The van der Waals surface area contributed by atoms with Gasteiger partial charge >= 0.3 is 0 Å². The minimum absolute atomic E-state index is 0.0229. The number of aliphatic hydroxyl groups excluding tert-OH is 1. The minimum atomic E-state index is -0.198. The van der Waals surface area contributed by atoms with Crippen LogP contribution in [0.5, 0.6) is 0 Å². The highest BCUT2D eigenvalue weighted by atomic mass is 16.5. The van der Waals surface area contributed by atoms with E-state index in [1.807, 2.05) is 16.5 Å². The van der Waals surface area contributed by atoms with Crippen LogP contribution < -0.4 is 10.6 Å². The van der Waals surface area contributed by atoms with Crippen LogP contribution in [0.2, 0.25) is 0 Å². The van der Waals surface area contributed by atoms with E-state index in [1.165, 1.54) is 0 Å². The van der Waals surface area contributed by atoms with Gasteiger partial charge in [0.2, 0.25) is 5.95 Å². The summed E-state index contributed by atoms with van der Waals surface area (Å²) in [5.41, 5.74) is 7.30. The number of aromatic nitrogens is 4. The summed E-state index contributed by atoms with van der Waals surface area (Å²) in [6.45, 7) is 5.09. The van der Waals surface area contributed by atoms with Gasteiger partial charge in [-0.05, 0) is 12.8 Å². The third-order valence-electron chi connectivity index (χ3n) is 4.27. The van der Waals surface area contributed by atoms with Gasteiger partial charge in [-0.1, -0.05) is 13.8 Å². The third kappa shape index (κ3) is 2.84. The van der Waals surface area contributed by atoms with Crippen molar-refractivity contribution in [2.45, 2.75) is 39.0 Å². The molecule has 0 radical (unpaired) electrons. The van der Waals surface area contributed by atoms with E-state index in [9.17, 15) is 5.11 Å². The molecule has 8 nitrogen and oxygen atoms in total. The largest absolute Gasteiger partial charge is 0.394 e. The van der Waals surface area contributed by atoms with Crippen molar-refractivity contribution in [3.63, 3.8) is 0 Å². The predicted molar refractivity (Wildman–Crippen MR) is 88.1 cm³/mol. The Kier molecular flexibility index (Phi) is 4.36. The first-order valence-corrected chi connectivity index (χ1v) is 8.02. The molecule has 23 heavy (non-hydrogen) atoms. The van der Waals surface area contributed by atoms with Crippen LogP contribution in [0, 0.1) is 5.92 Å². The molecule has 3 atom stereocenters. The highest BCUT2D eigenvalue weighted by Crippen LogP contribution is 2.36. The summed E-state index contributed by atoms with van der Waals surface area (Å²) in [6, 6.07) is 0. The van der Waals surface area contributed by atoms with Crippen LogP contribution in [-0.2, 0) is 4.74 Å². The molecule has 1 aliphatic heterocycles. The molecule has 2 aromatic rings. The number of rotatable bonds is 5. The van der Waals surface area contributed by atoms with E-state index in [2.05, 4.69) is 28.8 Å². The second kappa shape index (κ2) is 6.29. The van der Waals surface area contributed by atoms with Crippen LogP contribution >= 0.6 is 0 Å². The topological polar surface area (TPSA) is 102 Å². The number of anilines is 2. The van der Waals surface area contributed by atoms with Crippen molar-refractivity contribution >= 4 is 22.9 Å². The van der Waals surface area contributed by atoms with Gasteiger partial charge < -0.3 is 20.5 Å². The number of nitrogens with zero attached hydrogens (tertiary/aromatic N) is 5. The van der Waals surface area contributed by atoms with Gasteiger partial charge in [0, 0.05) is 19.5 Å². The van der Waals surface area contributed by atoms with E-state index in [-0.39, 0.29) is 30.8 Å². The van der Waals surface area contributed by atoms with Crippen molar-refractivity contribution in [1.29, 1.82) is 0 Å². The number of nitrogens with two attached hydrogens (primary N) is 1. The summed E-state index contributed by atoms with van der Waals surface area (Å²) in [6.07, 6.45) is 3.20. The molecule has 0 saturated carbocycles. The highest BCUT2D eigenvalue weighted by molar-refractivity contribution is 5.84. The van der Waals surface area contributed by atoms with Gasteiger partial charge in [-0.2, -0.15) is 9.97 Å². The van der Waals surface area contributed by atoms with Gasteiger partial charge in [0.05, 0.1) is 19.0 Å².